The number of halogens is 2. The minimum absolute atomic E-state index is 0.195. The number of nitrogens with zero attached hydrogens (tertiary/aromatic N) is 3. The van der Waals surface area contributed by atoms with Crippen molar-refractivity contribution in [3.8, 4) is 0 Å². The van der Waals surface area contributed by atoms with Gasteiger partial charge in [-0.25, -0.2) is 13.8 Å². The molecule has 36 heavy (non-hydrogen) atoms. The summed E-state index contributed by atoms with van der Waals surface area (Å²) in [5.74, 6) is 1.58. The first kappa shape index (κ1) is 32.2. The van der Waals surface area contributed by atoms with Crippen LogP contribution in [-0.2, 0) is 14.3 Å². The highest BCUT2D eigenvalue weighted by Gasteiger charge is 2.35. The highest BCUT2D eigenvalue weighted by Crippen LogP contribution is 2.38. The zero-order chi connectivity index (χ0) is 27.3. The van der Waals surface area contributed by atoms with Crippen LogP contribution < -0.4 is 11.1 Å². The van der Waals surface area contributed by atoms with Crippen LogP contribution in [0.1, 0.15) is 33.6 Å². The summed E-state index contributed by atoms with van der Waals surface area (Å²) >= 11 is 0. The second kappa shape index (κ2) is 16.8. The number of hydrogen-bond acceptors (Lipinski definition) is 6. The molecule has 1 saturated carbocycles. The molecule has 0 aromatic heterocycles. The normalized spacial score (nSPS) is 19.8. The Morgan fingerprint density at radius 1 is 1.36 bits per heavy atom. The molecule has 1 amide bonds. The molecule has 0 aromatic carbocycles. The average Bonchev–Trinajstić information content (AvgIpc) is 3.53. The number of rotatable bonds is 17. The number of amides is 1. The number of alkyl halides is 2. The highest BCUT2D eigenvalue weighted by molar-refractivity contribution is 8.12. The van der Waals surface area contributed by atoms with Gasteiger partial charge in [0, 0.05) is 45.3 Å². The van der Waals surface area contributed by atoms with Crippen molar-refractivity contribution < 1.29 is 23.0 Å². The second-order valence-electron chi connectivity index (χ2n) is 8.96. The van der Waals surface area contributed by atoms with Gasteiger partial charge in [-0.15, -0.1) is 10.7 Å². The van der Waals surface area contributed by atoms with Gasteiger partial charge in [-0.2, -0.15) is 0 Å². The Hall–Kier alpha value is -1.82. The van der Waals surface area contributed by atoms with Crippen LogP contribution in [0.15, 0.2) is 29.0 Å². The molecule has 1 fully saturated rings. The quantitative estimate of drug-likeness (QED) is 0.0982. The predicted octanol–water partition coefficient (Wildman–Crippen LogP) is 3.09. The minimum Gasteiger partial charge on any atom is -0.383 e. The van der Waals surface area contributed by atoms with E-state index in [1.54, 1.807) is 25.2 Å². The number of methoxy groups -OCH3 is 2. The van der Waals surface area contributed by atoms with Gasteiger partial charge in [0.25, 0.3) is 12.3 Å². The maximum atomic E-state index is 13.5. The molecule has 0 heterocycles. The van der Waals surface area contributed by atoms with E-state index < -0.39 is 6.43 Å². The molecule has 0 radical (unpaired) electrons. The number of ether oxygens (including phenoxy) is 2. The lowest BCUT2D eigenvalue weighted by Crippen LogP contribution is -2.40. The van der Waals surface area contributed by atoms with E-state index in [-0.39, 0.29) is 41.3 Å². The van der Waals surface area contributed by atoms with Gasteiger partial charge in [0.1, 0.15) is 11.7 Å². The summed E-state index contributed by atoms with van der Waals surface area (Å²) < 4.78 is 39.3. The van der Waals surface area contributed by atoms with Crippen LogP contribution in [0.3, 0.4) is 0 Å². The lowest BCUT2D eigenvalue weighted by atomic mass is 10.2. The fourth-order valence-electron chi connectivity index (χ4n) is 3.59. The SMILES string of the molecule is C=C(/C=C(\N=C(/CC)N(CC(F)F)CC1CC1C)N(CCOC)/S(C)=C\C)C(=O)NCC(N)COC. The fraction of sp³-hybridized carbons (Fsp3) is 0.720. The molecular weight excluding hydrogens is 488 g/mol. The Morgan fingerprint density at radius 2 is 2.03 bits per heavy atom. The second-order valence-corrected chi connectivity index (χ2v) is 10.9. The molecule has 4 unspecified atom stereocenters. The van der Waals surface area contributed by atoms with E-state index in [4.69, 9.17) is 20.2 Å². The lowest BCUT2D eigenvalue weighted by Gasteiger charge is -2.30. The van der Waals surface area contributed by atoms with Gasteiger partial charge in [-0.1, -0.05) is 20.4 Å². The first-order chi connectivity index (χ1) is 17.1. The Morgan fingerprint density at radius 3 is 2.53 bits per heavy atom. The Bertz CT molecular complexity index is 807. The lowest BCUT2D eigenvalue weighted by molar-refractivity contribution is -0.117. The third-order valence-electron chi connectivity index (χ3n) is 5.96. The van der Waals surface area contributed by atoms with Gasteiger partial charge in [0.05, 0.1) is 26.3 Å². The smallest absolute Gasteiger partial charge is 0.255 e. The Labute approximate surface area is 218 Å². The molecule has 1 aliphatic carbocycles. The molecule has 208 valence electrons. The summed E-state index contributed by atoms with van der Waals surface area (Å²) in [5.41, 5.74) is 6.10. The number of carbonyl (C=O) groups excluding carboxylic acids is 1. The van der Waals surface area contributed by atoms with Crippen LogP contribution in [0.4, 0.5) is 8.78 Å². The number of nitrogens with two attached hydrogens (primary N) is 1. The molecule has 1 rings (SSSR count). The summed E-state index contributed by atoms with van der Waals surface area (Å²) in [5, 5.41) is 4.79. The molecule has 0 aliphatic heterocycles. The van der Waals surface area contributed by atoms with E-state index in [0.717, 1.165) is 6.42 Å². The van der Waals surface area contributed by atoms with Crippen LogP contribution in [0, 0.1) is 11.8 Å². The Kier molecular flexibility index (Phi) is 15.1. The Balaban J connectivity index is 3.37. The summed E-state index contributed by atoms with van der Waals surface area (Å²) in [6.45, 7) is 11.6. The van der Waals surface area contributed by atoms with E-state index in [2.05, 4.69) is 18.8 Å². The molecule has 0 aromatic rings. The van der Waals surface area contributed by atoms with Crippen molar-refractivity contribution in [2.24, 2.45) is 22.6 Å². The first-order valence-electron chi connectivity index (χ1n) is 12.3. The monoisotopic (exact) mass is 533 g/mol. The topological polar surface area (TPSA) is 92.4 Å². The number of carbonyl (C=O) groups is 1. The molecule has 8 nitrogen and oxygen atoms in total. The van der Waals surface area contributed by atoms with Crippen molar-refractivity contribution >= 4 is 27.8 Å². The molecule has 11 heteroatoms. The van der Waals surface area contributed by atoms with Gasteiger partial charge in [-0.3, -0.25) is 4.79 Å². The van der Waals surface area contributed by atoms with Crippen LogP contribution in [0.2, 0.25) is 0 Å². The van der Waals surface area contributed by atoms with Crippen molar-refractivity contribution in [2.75, 3.05) is 59.9 Å². The molecule has 1 aliphatic rings. The van der Waals surface area contributed by atoms with Gasteiger partial charge in [0.2, 0.25) is 0 Å². The molecule has 0 saturated heterocycles. The van der Waals surface area contributed by atoms with Gasteiger partial charge in [-0.05, 0) is 42.9 Å². The van der Waals surface area contributed by atoms with Crippen molar-refractivity contribution in [1.82, 2.24) is 14.5 Å². The third-order valence-corrected chi connectivity index (χ3v) is 7.70. The molecule has 0 spiro atoms. The van der Waals surface area contributed by atoms with E-state index in [1.807, 2.05) is 29.8 Å². The summed E-state index contributed by atoms with van der Waals surface area (Å²) in [6.07, 6.45) is 2.66. The molecule has 4 atom stereocenters. The third kappa shape index (κ3) is 11.5. The van der Waals surface area contributed by atoms with Crippen LogP contribution in [-0.4, -0.2) is 98.7 Å². The maximum absolute atomic E-state index is 13.5. The zero-order valence-corrected chi connectivity index (χ0v) is 23.5. The van der Waals surface area contributed by atoms with E-state index in [9.17, 15) is 13.6 Å². The number of aliphatic imine (C=N–C) groups is 1. The van der Waals surface area contributed by atoms with Crippen LogP contribution in [0.5, 0.6) is 0 Å². The van der Waals surface area contributed by atoms with Gasteiger partial charge < -0.3 is 29.7 Å². The number of nitrogens with one attached hydrogen (secondary N) is 1. The number of amidine groups is 1. The first-order valence-corrected chi connectivity index (χ1v) is 14.0. The number of hydrogen-bond donors (Lipinski definition) is 2. The molecular formula is C25H45F2N5O3S. The zero-order valence-electron chi connectivity index (χ0n) is 22.6. The summed E-state index contributed by atoms with van der Waals surface area (Å²) in [6, 6.07) is -0.345. The van der Waals surface area contributed by atoms with Crippen molar-refractivity contribution in [2.45, 2.75) is 46.1 Å². The minimum atomic E-state index is -2.48. The van der Waals surface area contributed by atoms with E-state index in [1.165, 1.54) is 0 Å². The van der Waals surface area contributed by atoms with E-state index >= 15 is 0 Å². The van der Waals surface area contributed by atoms with Crippen LogP contribution >= 0.6 is 10.7 Å². The summed E-state index contributed by atoms with van der Waals surface area (Å²) in [4.78, 5) is 19.3. The van der Waals surface area contributed by atoms with E-state index in [0.29, 0.717) is 56.2 Å². The van der Waals surface area contributed by atoms with Crippen molar-refractivity contribution in [3.63, 3.8) is 0 Å². The van der Waals surface area contributed by atoms with Crippen LogP contribution in [0.25, 0.3) is 0 Å². The van der Waals surface area contributed by atoms with Gasteiger partial charge in [0.15, 0.2) is 0 Å². The highest BCUT2D eigenvalue weighted by atomic mass is 32.2. The predicted molar refractivity (Wildman–Crippen MR) is 146 cm³/mol. The van der Waals surface area contributed by atoms with Gasteiger partial charge >= 0.3 is 0 Å². The largest absolute Gasteiger partial charge is 0.383 e. The average molecular weight is 534 g/mol. The van der Waals surface area contributed by atoms with Crippen molar-refractivity contribution in [1.29, 1.82) is 0 Å². The fourth-order valence-corrected chi connectivity index (χ4v) is 4.60. The standard InChI is InChI=1S/C25H45F2N5O3S/c1-8-23(31(16-22(26)27)15-20-12-18(20)3)30-24(32(10-11-34-5)36(7)9-2)13-19(4)25(33)29-14-21(28)17-35-6/h9,13,18,20-22H,4,8,10-12,14-17,28H2,1-3,5-7H3,(H,29,33)/b24-13+,30-23+. The van der Waals surface area contributed by atoms with Crippen molar-refractivity contribution in [3.05, 3.63) is 24.0 Å². The maximum Gasteiger partial charge on any atom is 0.255 e. The molecule has 0 bridgehead atoms. The molecule has 3 N–H and O–H groups in total. The summed E-state index contributed by atoms with van der Waals surface area (Å²) in [7, 11) is 2.80.